The summed E-state index contributed by atoms with van der Waals surface area (Å²) in [5.74, 6) is 0. The first-order valence-corrected chi connectivity index (χ1v) is 2.82. The van der Waals surface area contributed by atoms with Crippen LogP contribution >= 0.6 is 20.2 Å². The molecule has 0 aromatic carbocycles. The summed E-state index contributed by atoms with van der Waals surface area (Å²) < 4.78 is 0. The van der Waals surface area contributed by atoms with Crippen molar-refractivity contribution in [2.24, 2.45) is 0 Å². The first kappa shape index (κ1) is 8.94. The molecule has 3 radical (unpaired) electrons. The van der Waals surface area contributed by atoms with Gasteiger partial charge in [-0.2, -0.15) is 0 Å². The molecule has 0 rings (SSSR count). The quantitative estimate of drug-likeness (QED) is 0.446. The van der Waals surface area contributed by atoms with Crippen LogP contribution in [0.15, 0.2) is 0 Å². The van der Waals surface area contributed by atoms with Crippen molar-refractivity contribution in [3.8, 4) is 0 Å². The van der Waals surface area contributed by atoms with E-state index in [4.69, 9.17) is 0 Å². The maximum atomic E-state index is 4.67. The second-order valence-corrected chi connectivity index (χ2v) is 1.60. The maximum absolute atomic E-state index is 4.67. The molecule has 0 amide bonds. The summed E-state index contributed by atoms with van der Waals surface area (Å²) in [6.45, 7) is 0. The summed E-state index contributed by atoms with van der Waals surface area (Å²) in [5, 5.41) is 0. The van der Waals surface area contributed by atoms with E-state index in [2.05, 4.69) is 20.2 Å². The van der Waals surface area contributed by atoms with Crippen molar-refractivity contribution in [1.82, 2.24) is 0 Å². The van der Waals surface area contributed by atoms with Gasteiger partial charge in [-0.25, -0.2) is 0 Å². The molecule has 0 atom stereocenters. The van der Waals surface area contributed by atoms with Crippen LogP contribution in [0.2, 0.25) is 0 Å². The molecule has 0 N–H and O–H groups in total. The van der Waals surface area contributed by atoms with Crippen molar-refractivity contribution in [2.45, 2.75) is 0 Å². The van der Waals surface area contributed by atoms with Gasteiger partial charge in [0, 0.05) is 8.41 Å². The fraction of sp³-hybridized carbons (Fsp3) is 0. The van der Waals surface area contributed by atoms with Crippen LogP contribution in [0.25, 0.3) is 0 Å². The van der Waals surface area contributed by atoms with Crippen LogP contribution < -0.4 is 0 Å². The summed E-state index contributed by atoms with van der Waals surface area (Å²) in [5.41, 5.74) is 0. The molecule has 0 aromatic heterocycles. The molecule has 0 unspecified atom stereocenters. The number of hydrogen-bond donors (Lipinski definition) is 0. The minimum atomic E-state index is 0. The summed E-state index contributed by atoms with van der Waals surface area (Å²) in [4.78, 5) is 0. The zero-order chi connectivity index (χ0) is 2.71. The molecule has 4 heavy (non-hydrogen) atoms. The Morgan fingerprint density at radius 3 is 1.25 bits per heavy atom. The Bertz CT molecular complexity index is 6.00. The molecule has 0 bridgehead atoms. The van der Waals surface area contributed by atoms with E-state index in [1.54, 1.807) is 0 Å². The van der Waals surface area contributed by atoms with Gasteiger partial charge in [-0.3, -0.25) is 0 Å². The fourth-order valence-electron chi connectivity index (χ4n) is 0. The van der Waals surface area contributed by atoms with Gasteiger partial charge in [-0.15, -0.1) is 0 Å². The summed E-state index contributed by atoms with van der Waals surface area (Å²) >= 11 is 0.757. The third kappa shape index (κ3) is 10.9. The Balaban J connectivity index is 0. The summed E-state index contributed by atoms with van der Waals surface area (Å²) in [6.07, 6.45) is 0. The van der Waals surface area contributed by atoms with Crippen molar-refractivity contribution in [3.63, 3.8) is 0 Å². The number of halogens is 2. The van der Waals surface area contributed by atoms with Crippen molar-refractivity contribution in [1.29, 1.82) is 0 Å². The first-order valence-electron chi connectivity index (χ1n) is 0.228. The standard InChI is InChI=1S/B.2ClH.Cu/h;2*1H;/q;;;+2/p-2. The van der Waals surface area contributed by atoms with E-state index in [1.807, 2.05) is 0 Å². The van der Waals surface area contributed by atoms with Crippen LogP contribution in [-0.4, -0.2) is 8.41 Å². The predicted molar refractivity (Wildman–Crippen MR) is 17.5 cm³/mol. The van der Waals surface area contributed by atoms with Crippen LogP contribution in [0.4, 0.5) is 0 Å². The summed E-state index contributed by atoms with van der Waals surface area (Å²) in [7, 11) is 9.34. The Labute approximate surface area is 42.0 Å². The van der Waals surface area contributed by atoms with E-state index in [0.717, 1.165) is 13.1 Å². The Morgan fingerprint density at radius 1 is 1.25 bits per heavy atom. The molecule has 0 aliphatic heterocycles. The van der Waals surface area contributed by atoms with Crippen molar-refractivity contribution in [2.75, 3.05) is 0 Å². The predicted octanol–water partition coefficient (Wildman–Crippen LogP) is 0.996. The average Bonchev–Trinajstić information content (AvgIpc) is 0.918. The van der Waals surface area contributed by atoms with Crippen LogP contribution in [0.5, 0.6) is 0 Å². The zero-order valence-electron chi connectivity index (χ0n) is 1.63. The molecule has 0 aromatic rings. The molecule has 0 aliphatic carbocycles. The molecule has 0 heterocycles. The second kappa shape index (κ2) is 8.90. The van der Waals surface area contributed by atoms with E-state index < -0.39 is 0 Å². The third-order valence-electron chi connectivity index (χ3n) is 0. The van der Waals surface area contributed by atoms with Crippen LogP contribution in [0, 0.1) is 0 Å². The first-order chi connectivity index (χ1) is 1.41. The molecule has 4 heteroatoms. The van der Waals surface area contributed by atoms with Gasteiger partial charge in [0.1, 0.15) is 0 Å². The van der Waals surface area contributed by atoms with E-state index >= 15 is 0 Å². The van der Waals surface area contributed by atoms with Crippen LogP contribution in [0.3, 0.4) is 0 Å². The molecule has 0 saturated carbocycles. The van der Waals surface area contributed by atoms with Gasteiger partial charge in [-0.05, 0) is 0 Å². The normalized spacial score (nSPS) is 5.50. The number of hydrogen-bond acceptors (Lipinski definition) is 0. The minimum absolute atomic E-state index is 0. The van der Waals surface area contributed by atoms with Gasteiger partial charge in [0.25, 0.3) is 0 Å². The van der Waals surface area contributed by atoms with Crippen LogP contribution in [0.1, 0.15) is 0 Å². The molecule has 0 saturated heterocycles. The van der Waals surface area contributed by atoms with E-state index in [-0.39, 0.29) is 8.41 Å². The van der Waals surface area contributed by atoms with Crippen molar-refractivity contribution < 1.29 is 13.1 Å². The Hall–Kier alpha value is 1.16. The zero-order valence-corrected chi connectivity index (χ0v) is 4.09. The van der Waals surface area contributed by atoms with E-state index in [9.17, 15) is 0 Å². The number of rotatable bonds is 0. The van der Waals surface area contributed by atoms with Crippen LogP contribution in [-0.2, 0) is 13.1 Å². The van der Waals surface area contributed by atoms with E-state index in [1.165, 1.54) is 0 Å². The van der Waals surface area contributed by atoms with Gasteiger partial charge >= 0.3 is 33.3 Å². The third-order valence-corrected chi connectivity index (χ3v) is 0. The average molecular weight is 145 g/mol. The molecule has 0 aliphatic rings. The Morgan fingerprint density at radius 2 is 1.25 bits per heavy atom. The molecular formula is BCl2Cu. The van der Waals surface area contributed by atoms with Gasteiger partial charge in [0.2, 0.25) is 0 Å². The van der Waals surface area contributed by atoms with Gasteiger partial charge in [-0.1, -0.05) is 0 Å². The monoisotopic (exact) mass is 144 g/mol. The topological polar surface area (TPSA) is 0 Å². The Kier molecular flexibility index (Phi) is 19.9. The SMILES string of the molecule is [B].[Cl][Cu][Cl]. The molecule has 0 fully saturated rings. The molecule has 0 nitrogen and oxygen atoms in total. The molecular weight excluding hydrogens is 145 g/mol. The van der Waals surface area contributed by atoms with Gasteiger partial charge < -0.3 is 0 Å². The van der Waals surface area contributed by atoms with E-state index in [0.29, 0.717) is 0 Å². The fourth-order valence-corrected chi connectivity index (χ4v) is 0. The molecule has 28 valence electrons. The van der Waals surface area contributed by atoms with Gasteiger partial charge in [0.15, 0.2) is 0 Å². The summed E-state index contributed by atoms with van der Waals surface area (Å²) in [6, 6.07) is 0. The second-order valence-electron chi connectivity index (χ2n) is 0.0431. The molecule has 0 spiro atoms. The van der Waals surface area contributed by atoms with Gasteiger partial charge in [0.05, 0.1) is 0 Å². The van der Waals surface area contributed by atoms with Crippen molar-refractivity contribution in [3.05, 3.63) is 0 Å². The van der Waals surface area contributed by atoms with Crippen molar-refractivity contribution >= 4 is 28.6 Å².